The zero-order valence-corrected chi connectivity index (χ0v) is 11.2. The van der Waals surface area contributed by atoms with Gasteiger partial charge in [-0.25, -0.2) is 0 Å². The predicted octanol–water partition coefficient (Wildman–Crippen LogP) is 2.63. The normalized spacial score (nSPS) is 19.1. The number of hydrogen-bond donors (Lipinski definition) is 1. The van der Waals surface area contributed by atoms with Crippen LogP contribution in [0.2, 0.25) is 0 Å². The van der Waals surface area contributed by atoms with Crippen LogP contribution in [0.3, 0.4) is 0 Å². The van der Waals surface area contributed by atoms with Crippen molar-refractivity contribution in [2.75, 3.05) is 13.2 Å². The van der Waals surface area contributed by atoms with Gasteiger partial charge in [-0.05, 0) is 31.5 Å². The third-order valence-electron chi connectivity index (χ3n) is 3.44. The van der Waals surface area contributed by atoms with Crippen LogP contribution in [-0.2, 0) is 6.42 Å². The summed E-state index contributed by atoms with van der Waals surface area (Å²) in [6.45, 7) is 5.81. The third-order valence-corrected chi connectivity index (χ3v) is 3.44. The van der Waals surface area contributed by atoms with Crippen LogP contribution in [0.1, 0.15) is 25.8 Å². The maximum Gasteiger partial charge on any atom is 0.122 e. The second-order valence-electron chi connectivity index (χ2n) is 4.68. The molecule has 2 rings (SSSR count). The second-order valence-corrected chi connectivity index (χ2v) is 4.68. The van der Waals surface area contributed by atoms with E-state index in [0.717, 1.165) is 31.7 Å². The fourth-order valence-electron chi connectivity index (χ4n) is 2.49. The molecule has 0 radical (unpaired) electrons. The lowest BCUT2D eigenvalue weighted by atomic mass is 9.89. The van der Waals surface area contributed by atoms with Crippen LogP contribution in [-0.4, -0.2) is 19.2 Å². The van der Waals surface area contributed by atoms with Gasteiger partial charge >= 0.3 is 0 Å². The first-order valence-electron chi connectivity index (χ1n) is 6.68. The molecule has 0 aliphatic carbocycles. The van der Waals surface area contributed by atoms with Crippen LogP contribution >= 0.6 is 0 Å². The molecular formula is C16H21NO. The number of nitrogens with one attached hydrogen (secondary N) is 1. The van der Waals surface area contributed by atoms with Crippen molar-refractivity contribution in [3.05, 3.63) is 29.8 Å². The minimum absolute atomic E-state index is 0.427. The monoisotopic (exact) mass is 243 g/mol. The molecule has 0 bridgehead atoms. The first kappa shape index (κ1) is 13.0. The summed E-state index contributed by atoms with van der Waals surface area (Å²) in [5.74, 6) is 7.73. The number of para-hydroxylation sites is 1. The van der Waals surface area contributed by atoms with E-state index in [1.165, 1.54) is 5.56 Å². The topological polar surface area (TPSA) is 21.3 Å². The van der Waals surface area contributed by atoms with E-state index in [0.29, 0.717) is 12.0 Å². The molecule has 0 fully saturated rings. The number of fused-ring (bicyclic) bond motifs is 1. The molecule has 1 aliphatic heterocycles. The summed E-state index contributed by atoms with van der Waals surface area (Å²) in [6.07, 6.45) is 1.99. The van der Waals surface area contributed by atoms with E-state index in [1.54, 1.807) is 0 Å². The van der Waals surface area contributed by atoms with Crippen LogP contribution in [0, 0.1) is 17.8 Å². The maximum absolute atomic E-state index is 5.86. The zero-order chi connectivity index (χ0) is 12.8. The Morgan fingerprint density at radius 3 is 3.06 bits per heavy atom. The summed E-state index contributed by atoms with van der Waals surface area (Å²) in [4.78, 5) is 0. The second kappa shape index (κ2) is 6.47. The average molecular weight is 243 g/mol. The molecule has 0 aromatic heterocycles. The maximum atomic E-state index is 5.86. The Labute approximate surface area is 110 Å². The van der Waals surface area contributed by atoms with Gasteiger partial charge in [0.2, 0.25) is 0 Å². The highest BCUT2D eigenvalue weighted by molar-refractivity contribution is 5.35. The smallest absolute Gasteiger partial charge is 0.122 e. The number of benzene rings is 1. The van der Waals surface area contributed by atoms with Gasteiger partial charge in [0.05, 0.1) is 6.61 Å². The standard InChI is InChI=1S/C16H21NO/c1-3-5-9-15(17-4-2)14-11-13-8-6-7-10-16(13)18-12-14/h6-8,10,14-15,17H,4,9,11-12H2,1-2H3. The van der Waals surface area contributed by atoms with Crippen LogP contribution in [0.4, 0.5) is 0 Å². The van der Waals surface area contributed by atoms with Crippen molar-refractivity contribution in [1.82, 2.24) is 5.32 Å². The molecule has 2 nitrogen and oxygen atoms in total. The molecule has 0 spiro atoms. The molecule has 1 heterocycles. The van der Waals surface area contributed by atoms with Crippen molar-refractivity contribution in [2.45, 2.75) is 32.7 Å². The molecule has 1 aromatic rings. The van der Waals surface area contributed by atoms with Crippen LogP contribution in [0.15, 0.2) is 24.3 Å². The van der Waals surface area contributed by atoms with Crippen LogP contribution < -0.4 is 10.1 Å². The minimum atomic E-state index is 0.427. The van der Waals surface area contributed by atoms with Crippen molar-refractivity contribution in [2.24, 2.45) is 5.92 Å². The van der Waals surface area contributed by atoms with E-state index < -0.39 is 0 Å². The molecule has 1 aliphatic rings. The highest BCUT2D eigenvalue weighted by Gasteiger charge is 2.26. The number of ether oxygens (including phenoxy) is 1. The predicted molar refractivity (Wildman–Crippen MR) is 74.7 cm³/mol. The lowest BCUT2D eigenvalue weighted by molar-refractivity contribution is 0.186. The Balaban J connectivity index is 2.06. The summed E-state index contributed by atoms with van der Waals surface area (Å²) in [6, 6.07) is 8.76. The molecule has 2 heteroatoms. The van der Waals surface area contributed by atoms with Crippen molar-refractivity contribution in [3.63, 3.8) is 0 Å². The third kappa shape index (κ3) is 3.05. The van der Waals surface area contributed by atoms with Gasteiger partial charge in [-0.2, -0.15) is 0 Å². The van der Waals surface area contributed by atoms with Crippen LogP contribution in [0.5, 0.6) is 5.75 Å². The SMILES string of the molecule is CC#CCC(NCC)C1COc2ccccc2C1. The fourth-order valence-corrected chi connectivity index (χ4v) is 2.49. The molecule has 2 atom stereocenters. The first-order valence-corrected chi connectivity index (χ1v) is 6.68. The van der Waals surface area contributed by atoms with E-state index >= 15 is 0 Å². The van der Waals surface area contributed by atoms with Gasteiger partial charge in [-0.15, -0.1) is 11.8 Å². The molecule has 0 amide bonds. The Morgan fingerprint density at radius 2 is 2.28 bits per heavy atom. The summed E-state index contributed by atoms with van der Waals surface area (Å²) >= 11 is 0. The van der Waals surface area contributed by atoms with Gasteiger partial charge in [-0.1, -0.05) is 25.1 Å². The van der Waals surface area contributed by atoms with E-state index in [2.05, 4.69) is 42.3 Å². The quantitative estimate of drug-likeness (QED) is 0.821. The van der Waals surface area contributed by atoms with Crippen LogP contribution in [0.25, 0.3) is 0 Å². The minimum Gasteiger partial charge on any atom is -0.493 e. The molecular weight excluding hydrogens is 222 g/mol. The highest BCUT2D eigenvalue weighted by atomic mass is 16.5. The molecule has 1 N–H and O–H groups in total. The van der Waals surface area contributed by atoms with Crippen molar-refractivity contribution in [1.29, 1.82) is 0 Å². The molecule has 18 heavy (non-hydrogen) atoms. The van der Waals surface area contributed by atoms with Gasteiger partial charge < -0.3 is 10.1 Å². The lowest BCUT2D eigenvalue weighted by Crippen LogP contribution is -2.41. The molecule has 96 valence electrons. The molecule has 0 saturated carbocycles. The van der Waals surface area contributed by atoms with Gasteiger partial charge in [0.1, 0.15) is 5.75 Å². The number of rotatable bonds is 4. The Hall–Kier alpha value is -1.46. The fraction of sp³-hybridized carbons (Fsp3) is 0.500. The molecule has 0 saturated heterocycles. The summed E-state index contributed by atoms with van der Waals surface area (Å²) < 4.78 is 5.86. The largest absolute Gasteiger partial charge is 0.493 e. The Bertz CT molecular complexity index is 444. The molecule has 2 unspecified atom stereocenters. The molecule has 1 aromatic carbocycles. The van der Waals surface area contributed by atoms with Gasteiger partial charge in [0.25, 0.3) is 0 Å². The van der Waals surface area contributed by atoms with E-state index in [-0.39, 0.29) is 0 Å². The number of hydrogen-bond acceptors (Lipinski definition) is 2. The van der Waals surface area contributed by atoms with Gasteiger partial charge in [-0.3, -0.25) is 0 Å². The first-order chi connectivity index (χ1) is 8.85. The summed E-state index contributed by atoms with van der Waals surface area (Å²) in [7, 11) is 0. The van der Waals surface area contributed by atoms with E-state index in [1.807, 2.05) is 13.0 Å². The van der Waals surface area contributed by atoms with Crippen molar-refractivity contribution < 1.29 is 4.74 Å². The Morgan fingerprint density at radius 1 is 1.44 bits per heavy atom. The van der Waals surface area contributed by atoms with Crippen molar-refractivity contribution >= 4 is 0 Å². The van der Waals surface area contributed by atoms with E-state index in [9.17, 15) is 0 Å². The summed E-state index contributed by atoms with van der Waals surface area (Å²) in [5.41, 5.74) is 1.32. The van der Waals surface area contributed by atoms with Gasteiger partial charge in [0.15, 0.2) is 0 Å². The lowest BCUT2D eigenvalue weighted by Gasteiger charge is -2.31. The van der Waals surface area contributed by atoms with Gasteiger partial charge in [0, 0.05) is 18.4 Å². The average Bonchev–Trinajstić information content (AvgIpc) is 2.43. The van der Waals surface area contributed by atoms with E-state index in [4.69, 9.17) is 4.74 Å². The Kier molecular flexibility index (Phi) is 4.66. The summed E-state index contributed by atoms with van der Waals surface area (Å²) in [5, 5.41) is 3.54. The zero-order valence-electron chi connectivity index (χ0n) is 11.2. The van der Waals surface area contributed by atoms with Crippen molar-refractivity contribution in [3.8, 4) is 17.6 Å². The highest BCUT2D eigenvalue weighted by Crippen LogP contribution is 2.28.